The average molecular weight is 401 g/mol. The maximum Gasteiger partial charge on any atom is 0.255 e. The molecule has 1 aliphatic carbocycles. The molecule has 1 aliphatic heterocycles. The van der Waals surface area contributed by atoms with E-state index >= 15 is 0 Å². The molecule has 1 amide bonds. The van der Waals surface area contributed by atoms with Gasteiger partial charge in [-0.1, -0.05) is 42.5 Å². The molecule has 1 heterocycles. The normalized spacial score (nSPS) is 18.9. The number of benzene rings is 3. The van der Waals surface area contributed by atoms with Crippen LogP contribution in [0.3, 0.4) is 0 Å². The van der Waals surface area contributed by atoms with Crippen molar-refractivity contribution < 1.29 is 24.2 Å². The number of nitrogens with one attached hydrogen (secondary N) is 1. The number of Topliss-reactive ketones (excluding diaryl/α,β-unsaturated/α-hetero) is 1. The fourth-order valence-electron chi connectivity index (χ4n) is 4.44. The fraction of sp³-hybridized carbons (Fsp3) is 0.167. The lowest BCUT2D eigenvalue weighted by atomic mass is 9.70. The lowest BCUT2D eigenvalue weighted by Gasteiger charge is -2.41. The van der Waals surface area contributed by atoms with Crippen molar-refractivity contribution in [3.63, 3.8) is 0 Å². The van der Waals surface area contributed by atoms with E-state index in [1.807, 2.05) is 48.5 Å². The van der Waals surface area contributed by atoms with Crippen LogP contribution in [0.2, 0.25) is 0 Å². The van der Waals surface area contributed by atoms with Gasteiger partial charge >= 0.3 is 0 Å². The molecule has 6 heteroatoms. The summed E-state index contributed by atoms with van der Waals surface area (Å²) < 4.78 is 12.2. The summed E-state index contributed by atoms with van der Waals surface area (Å²) >= 11 is 0. The molecule has 0 unspecified atom stereocenters. The van der Waals surface area contributed by atoms with E-state index in [-0.39, 0.29) is 18.7 Å². The Bertz CT molecular complexity index is 1250. The fourth-order valence-corrected chi connectivity index (χ4v) is 4.44. The third-order valence-electron chi connectivity index (χ3n) is 5.69. The Balaban J connectivity index is 1.84. The highest BCUT2D eigenvalue weighted by Crippen LogP contribution is 2.55. The van der Waals surface area contributed by atoms with Gasteiger partial charge in [-0.05, 0) is 34.5 Å². The van der Waals surface area contributed by atoms with Gasteiger partial charge in [-0.25, -0.2) is 0 Å². The number of fused-ring (bicyclic) bond motifs is 4. The molecule has 1 atom stereocenters. The number of hydrogen-bond donors (Lipinski definition) is 2. The Morgan fingerprint density at radius 3 is 2.67 bits per heavy atom. The third kappa shape index (κ3) is 2.38. The molecule has 0 radical (unpaired) electrons. The van der Waals surface area contributed by atoms with E-state index in [2.05, 4.69) is 5.32 Å². The van der Waals surface area contributed by atoms with Gasteiger partial charge in [0.2, 0.25) is 5.78 Å². The van der Waals surface area contributed by atoms with Crippen molar-refractivity contribution in [2.75, 3.05) is 20.3 Å². The van der Waals surface area contributed by atoms with Gasteiger partial charge in [-0.3, -0.25) is 9.59 Å². The van der Waals surface area contributed by atoms with Crippen LogP contribution in [0.25, 0.3) is 16.8 Å². The molecule has 0 bridgehead atoms. The highest BCUT2D eigenvalue weighted by Gasteiger charge is 2.54. The number of ether oxygens (including phenoxy) is 2. The molecule has 0 fully saturated rings. The van der Waals surface area contributed by atoms with Crippen molar-refractivity contribution in [2.24, 2.45) is 0 Å². The van der Waals surface area contributed by atoms with E-state index in [4.69, 9.17) is 14.6 Å². The molecule has 5 rings (SSSR count). The number of carbonyl (C=O) groups is 2. The van der Waals surface area contributed by atoms with E-state index < -0.39 is 17.3 Å². The number of methoxy groups -OCH3 is 1. The lowest BCUT2D eigenvalue weighted by molar-refractivity contribution is -0.136. The maximum absolute atomic E-state index is 13.9. The molecular formula is C24H19NO5. The van der Waals surface area contributed by atoms with Crippen LogP contribution in [0.5, 0.6) is 11.5 Å². The standard InChI is InChI=1S/C24H19NO5/c1-29-24-20-15(13-17(22(24)27)23(28)25-11-12-26)6-4-8-18(20)30-19-10-9-14-5-2-3-7-16(14)21(19)24/h2-10,13,26H,11-12H2,1H3,(H,25,28)/t24-/m0/s1. The van der Waals surface area contributed by atoms with Gasteiger partial charge in [0.1, 0.15) is 11.5 Å². The quantitative estimate of drug-likeness (QED) is 0.657. The topological polar surface area (TPSA) is 84.9 Å². The first-order valence-corrected chi connectivity index (χ1v) is 9.66. The summed E-state index contributed by atoms with van der Waals surface area (Å²) in [6, 6.07) is 16.9. The lowest BCUT2D eigenvalue weighted by Crippen LogP contribution is -2.47. The molecule has 30 heavy (non-hydrogen) atoms. The van der Waals surface area contributed by atoms with Crippen LogP contribution in [0.15, 0.2) is 60.2 Å². The molecule has 6 nitrogen and oxygen atoms in total. The summed E-state index contributed by atoms with van der Waals surface area (Å²) in [5.41, 5.74) is 0.340. The summed E-state index contributed by atoms with van der Waals surface area (Å²) in [7, 11) is 1.48. The highest BCUT2D eigenvalue weighted by molar-refractivity contribution is 6.28. The van der Waals surface area contributed by atoms with E-state index in [0.29, 0.717) is 28.2 Å². The number of ketones is 1. The molecule has 0 saturated carbocycles. The van der Waals surface area contributed by atoms with Gasteiger partial charge in [-0.2, -0.15) is 0 Å². The zero-order chi connectivity index (χ0) is 20.9. The van der Waals surface area contributed by atoms with Crippen LogP contribution in [0.1, 0.15) is 16.7 Å². The highest BCUT2D eigenvalue weighted by atomic mass is 16.5. The van der Waals surface area contributed by atoms with Crippen LogP contribution < -0.4 is 10.1 Å². The van der Waals surface area contributed by atoms with Crippen molar-refractivity contribution in [1.82, 2.24) is 5.32 Å². The SMILES string of the molecule is CO[C@@]12C(=O)C(C(=O)NCCO)=Cc3cccc(c31)Oc1ccc3ccccc3c12. The molecule has 3 aromatic carbocycles. The molecule has 0 saturated heterocycles. The van der Waals surface area contributed by atoms with Crippen LogP contribution in [-0.2, 0) is 19.9 Å². The van der Waals surface area contributed by atoms with Gasteiger partial charge in [0.15, 0.2) is 5.60 Å². The number of aliphatic hydroxyl groups is 1. The first-order valence-electron chi connectivity index (χ1n) is 9.66. The summed E-state index contributed by atoms with van der Waals surface area (Å²) in [6.07, 6.45) is 1.56. The van der Waals surface area contributed by atoms with Crippen molar-refractivity contribution in [3.8, 4) is 11.5 Å². The van der Waals surface area contributed by atoms with E-state index in [1.165, 1.54) is 7.11 Å². The Hall–Kier alpha value is -3.48. The Labute approximate surface area is 172 Å². The van der Waals surface area contributed by atoms with E-state index in [0.717, 1.165) is 10.8 Å². The minimum Gasteiger partial charge on any atom is -0.456 e. The first kappa shape index (κ1) is 18.5. The van der Waals surface area contributed by atoms with Crippen LogP contribution in [0, 0.1) is 0 Å². The average Bonchev–Trinajstić information content (AvgIpc) is 2.78. The van der Waals surface area contributed by atoms with Crippen molar-refractivity contribution >= 4 is 28.5 Å². The first-order chi connectivity index (χ1) is 14.6. The predicted octanol–water partition coefficient (Wildman–Crippen LogP) is 2.91. The summed E-state index contributed by atoms with van der Waals surface area (Å²) in [4.78, 5) is 26.7. The number of amides is 1. The Kier molecular flexibility index (Phi) is 4.20. The second-order valence-corrected chi connectivity index (χ2v) is 7.23. The molecule has 0 spiro atoms. The number of carbonyl (C=O) groups excluding carboxylic acids is 2. The smallest absolute Gasteiger partial charge is 0.255 e. The number of aliphatic hydroxyl groups excluding tert-OH is 1. The number of rotatable bonds is 4. The molecule has 0 aromatic heterocycles. The minimum absolute atomic E-state index is 0.0178. The predicted molar refractivity (Wildman–Crippen MR) is 111 cm³/mol. The number of hydrogen-bond acceptors (Lipinski definition) is 5. The van der Waals surface area contributed by atoms with Crippen LogP contribution in [-0.4, -0.2) is 37.1 Å². The van der Waals surface area contributed by atoms with Crippen molar-refractivity contribution in [3.05, 3.63) is 76.9 Å². The summed E-state index contributed by atoms with van der Waals surface area (Å²) in [5, 5.41) is 13.4. The molecule has 2 N–H and O–H groups in total. The summed E-state index contributed by atoms with van der Waals surface area (Å²) in [6.45, 7) is -0.163. The Morgan fingerprint density at radius 2 is 1.87 bits per heavy atom. The molecule has 3 aromatic rings. The van der Waals surface area contributed by atoms with Crippen molar-refractivity contribution in [2.45, 2.75) is 5.60 Å². The minimum atomic E-state index is -1.51. The maximum atomic E-state index is 13.9. The molecule has 2 aliphatic rings. The monoisotopic (exact) mass is 401 g/mol. The van der Waals surface area contributed by atoms with E-state index in [1.54, 1.807) is 12.1 Å². The van der Waals surface area contributed by atoms with Gasteiger partial charge in [0.05, 0.1) is 12.2 Å². The largest absolute Gasteiger partial charge is 0.456 e. The van der Waals surface area contributed by atoms with E-state index in [9.17, 15) is 9.59 Å². The van der Waals surface area contributed by atoms with Crippen LogP contribution >= 0.6 is 0 Å². The van der Waals surface area contributed by atoms with Gasteiger partial charge in [-0.15, -0.1) is 0 Å². The second kappa shape index (κ2) is 6.79. The van der Waals surface area contributed by atoms with Gasteiger partial charge < -0.3 is 19.9 Å². The zero-order valence-corrected chi connectivity index (χ0v) is 16.3. The molecule has 150 valence electrons. The molecular weight excluding hydrogens is 382 g/mol. The third-order valence-corrected chi connectivity index (χ3v) is 5.69. The van der Waals surface area contributed by atoms with Crippen LogP contribution in [0.4, 0.5) is 0 Å². The van der Waals surface area contributed by atoms with Crippen molar-refractivity contribution in [1.29, 1.82) is 0 Å². The van der Waals surface area contributed by atoms with Gasteiger partial charge in [0.25, 0.3) is 5.91 Å². The summed E-state index contributed by atoms with van der Waals surface area (Å²) in [5.74, 6) is 0.0400. The second-order valence-electron chi connectivity index (χ2n) is 7.23. The Morgan fingerprint density at radius 1 is 1.07 bits per heavy atom. The van der Waals surface area contributed by atoms with Gasteiger partial charge in [0, 0.05) is 24.8 Å². The zero-order valence-electron chi connectivity index (χ0n) is 16.3.